The van der Waals surface area contributed by atoms with Gasteiger partial charge in [0.25, 0.3) is 5.91 Å². The van der Waals surface area contributed by atoms with E-state index in [9.17, 15) is 4.79 Å². The van der Waals surface area contributed by atoms with Crippen LogP contribution < -0.4 is 5.32 Å². The SMILES string of the molecule is O=C(Nc1ccccc1)c1snnc1C1CC1. The maximum atomic E-state index is 12.0. The first kappa shape index (κ1) is 10.4. The van der Waals surface area contributed by atoms with Crippen molar-refractivity contribution in [2.24, 2.45) is 0 Å². The molecule has 17 heavy (non-hydrogen) atoms. The number of amides is 1. The van der Waals surface area contributed by atoms with Crippen LogP contribution in [0, 0.1) is 0 Å². The van der Waals surface area contributed by atoms with Crippen LogP contribution in [0.25, 0.3) is 0 Å². The standard InChI is InChI=1S/C12H11N3OS/c16-12(13-9-4-2-1-3-5-9)11-10(8-6-7-8)14-15-17-11/h1-5,8H,6-7H2,(H,13,16). The van der Waals surface area contributed by atoms with Crippen molar-refractivity contribution in [1.82, 2.24) is 9.59 Å². The lowest BCUT2D eigenvalue weighted by Gasteiger charge is -2.03. The molecule has 1 amide bonds. The number of rotatable bonds is 3. The molecule has 4 nitrogen and oxygen atoms in total. The number of carbonyl (C=O) groups excluding carboxylic acids is 1. The Hall–Kier alpha value is -1.75. The van der Waals surface area contributed by atoms with Crippen LogP contribution in [0.1, 0.15) is 34.1 Å². The molecule has 1 aliphatic rings. The minimum absolute atomic E-state index is 0.104. The summed E-state index contributed by atoms with van der Waals surface area (Å²) in [7, 11) is 0. The van der Waals surface area contributed by atoms with E-state index in [2.05, 4.69) is 14.9 Å². The van der Waals surface area contributed by atoms with E-state index in [-0.39, 0.29) is 5.91 Å². The fourth-order valence-electron chi connectivity index (χ4n) is 1.69. The highest BCUT2D eigenvalue weighted by molar-refractivity contribution is 7.08. The molecule has 1 aromatic heterocycles. The molecule has 1 aliphatic carbocycles. The first-order valence-corrected chi connectivity index (χ1v) is 6.30. The number of para-hydroxylation sites is 1. The monoisotopic (exact) mass is 245 g/mol. The van der Waals surface area contributed by atoms with Gasteiger partial charge in [0.1, 0.15) is 4.88 Å². The van der Waals surface area contributed by atoms with Crippen molar-refractivity contribution in [2.75, 3.05) is 5.32 Å². The van der Waals surface area contributed by atoms with Gasteiger partial charge in [-0.05, 0) is 36.5 Å². The fraction of sp³-hybridized carbons (Fsp3) is 0.250. The predicted octanol–water partition coefficient (Wildman–Crippen LogP) is 2.67. The Bertz CT molecular complexity index is 534. The summed E-state index contributed by atoms with van der Waals surface area (Å²) in [5.41, 5.74) is 1.66. The highest BCUT2D eigenvalue weighted by Crippen LogP contribution is 2.41. The van der Waals surface area contributed by atoms with Gasteiger partial charge in [0.15, 0.2) is 0 Å². The lowest BCUT2D eigenvalue weighted by molar-refractivity contribution is 0.102. The van der Waals surface area contributed by atoms with E-state index in [0.29, 0.717) is 10.8 Å². The van der Waals surface area contributed by atoms with E-state index >= 15 is 0 Å². The van der Waals surface area contributed by atoms with Crippen molar-refractivity contribution >= 4 is 23.1 Å². The number of nitrogens with one attached hydrogen (secondary N) is 1. The summed E-state index contributed by atoms with van der Waals surface area (Å²) < 4.78 is 3.88. The minimum Gasteiger partial charge on any atom is -0.321 e. The Balaban J connectivity index is 1.80. The number of carbonyl (C=O) groups is 1. The first-order valence-electron chi connectivity index (χ1n) is 5.53. The molecule has 0 bridgehead atoms. The second-order valence-electron chi connectivity index (χ2n) is 4.08. The van der Waals surface area contributed by atoms with Gasteiger partial charge in [-0.1, -0.05) is 22.7 Å². The molecule has 1 saturated carbocycles. The summed E-state index contributed by atoms with van der Waals surface area (Å²) in [6, 6.07) is 9.43. The zero-order chi connectivity index (χ0) is 11.7. The van der Waals surface area contributed by atoms with Crippen LogP contribution in [0.3, 0.4) is 0 Å². The molecule has 1 aromatic carbocycles. The van der Waals surface area contributed by atoms with E-state index in [1.165, 1.54) is 11.5 Å². The van der Waals surface area contributed by atoms with Gasteiger partial charge in [0.05, 0.1) is 5.69 Å². The average Bonchev–Trinajstić information content (AvgIpc) is 3.08. The van der Waals surface area contributed by atoms with Crippen LogP contribution in [0.2, 0.25) is 0 Å². The molecule has 2 aromatic rings. The topological polar surface area (TPSA) is 54.9 Å². The molecule has 0 saturated heterocycles. The molecule has 3 rings (SSSR count). The summed E-state index contributed by atoms with van der Waals surface area (Å²) in [6.07, 6.45) is 2.24. The fourth-order valence-corrected chi connectivity index (χ4v) is 2.33. The van der Waals surface area contributed by atoms with Gasteiger partial charge in [0, 0.05) is 11.6 Å². The highest BCUT2D eigenvalue weighted by Gasteiger charge is 2.31. The van der Waals surface area contributed by atoms with Crippen molar-refractivity contribution in [3.8, 4) is 0 Å². The predicted molar refractivity (Wildman–Crippen MR) is 66.3 cm³/mol. The van der Waals surface area contributed by atoms with Crippen molar-refractivity contribution in [3.63, 3.8) is 0 Å². The number of hydrogen-bond acceptors (Lipinski definition) is 4. The van der Waals surface area contributed by atoms with Gasteiger partial charge in [0.2, 0.25) is 0 Å². The largest absolute Gasteiger partial charge is 0.321 e. The smallest absolute Gasteiger partial charge is 0.269 e. The van der Waals surface area contributed by atoms with Crippen molar-refractivity contribution in [1.29, 1.82) is 0 Å². The Labute approximate surface area is 103 Å². The highest BCUT2D eigenvalue weighted by atomic mass is 32.1. The third-order valence-electron chi connectivity index (χ3n) is 2.72. The molecular formula is C12H11N3OS. The Morgan fingerprint density at radius 2 is 2.06 bits per heavy atom. The molecule has 1 fully saturated rings. The van der Waals surface area contributed by atoms with E-state index in [0.717, 1.165) is 24.2 Å². The van der Waals surface area contributed by atoms with Crippen LogP contribution in [-0.4, -0.2) is 15.5 Å². The minimum atomic E-state index is -0.104. The second-order valence-corrected chi connectivity index (χ2v) is 4.84. The van der Waals surface area contributed by atoms with Crippen molar-refractivity contribution in [2.45, 2.75) is 18.8 Å². The van der Waals surface area contributed by atoms with Gasteiger partial charge in [-0.15, -0.1) is 5.10 Å². The van der Waals surface area contributed by atoms with E-state index in [4.69, 9.17) is 0 Å². The molecule has 1 heterocycles. The summed E-state index contributed by atoms with van der Waals surface area (Å²) in [6.45, 7) is 0. The normalized spacial score (nSPS) is 14.6. The zero-order valence-corrected chi connectivity index (χ0v) is 9.91. The Morgan fingerprint density at radius 3 is 2.76 bits per heavy atom. The quantitative estimate of drug-likeness (QED) is 0.904. The van der Waals surface area contributed by atoms with E-state index in [1.807, 2.05) is 30.3 Å². The van der Waals surface area contributed by atoms with Crippen molar-refractivity contribution in [3.05, 3.63) is 40.9 Å². The summed E-state index contributed by atoms with van der Waals surface area (Å²) in [4.78, 5) is 12.7. The number of aromatic nitrogens is 2. The van der Waals surface area contributed by atoms with Crippen LogP contribution in [0.15, 0.2) is 30.3 Å². The van der Waals surface area contributed by atoms with Crippen LogP contribution in [0.5, 0.6) is 0 Å². The van der Waals surface area contributed by atoms with Crippen molar-refractivity contribution < 1.29 is 4.79 Å². The number of hydrogen-bond donors (Lipinski definition) is 1. The van der Waals surface area contributed by atoms with Crippen LogP contribution in [0.4, 0.5) is 5.69 Å². The molecule has 0 unspecified atom stereocenters. The third kappa shape index (κ3) is 2.19. The van der Waals surface area contributed by atoms with Gasteiger partial charge < -0.3 is 5.32 Å². The molecule has 1 N–H and O–H groups in total. The lowest BCUT2D eigenvalue weighted by atomic mass is 10.2. The molecule has 0 atom stereocenters. The number of nitrogens with zero attached hydrogens (tertiary/aromatic N) is 2. The van der Waals surface area contributed by atoms with Crippen LogP contribution >= 0.6 is 11.5 Å². The van der Waals surface area contributed by atoms with Crippen LogP contribution in [-0.2, 0) is 0 Å². The Kier molecular flexibility index (Phi) is 2.60. The number of benzene rings is 1. The average molecular weight is 245 g/mol. The second kappa shape index (κ2) is 4.25. The van der Waals surface area contributed by atoms with Gasteiger partial charge in [-0.25, -0.2) is 0 Å². The zero-order valence-electron chi connectivity index (χ0n) is 9.09. The maximum absolute atomic E-state index is 12.0. The maximum Gasteiger partial charge on any atom is 0.269 e. The molecule has 0 spiro atoms. The molecule has 5 heteroatoms. The molecular weight excluding hydrogens is 234 g/mol. The first-order chi connectivity index (χ1) is 8.34. The lowest BCUT2D eigenvalue weighted by Crippen LogP contribution is -2.12. The molecule has 0 aliphatic heterocycles. The van der Waals surface area contributed by atoms with E-state index < -0.39 is 0 Å². The number of anilines is 1. The Morgan fingerprint density at radius 1 is 1.29 bits per heavy atom. The van der Waals surface area contributed by atoms with E-state index in [1.54, 1.807) is 0 Å². The van der Waals surface area contributed by atoms with Gasteiger partial charge >= 0.3 is 0 Å². The van der Waals surface area contributed by atoms with Gasteiger partial charge in [-0.2, -0.15) is 0 Å². The molecule has 86 valence electrons. The summed E-state index contributed by atoms with van der Waals surface area (Å²) in [5, 5.41) is 6.91. The third-order valence-corrected chi connectivity index (χ3v) is 3.46. The molecule has 0 radical (unpaired) electrons. The summed E-state index contributed by atoms with van der Waals surface area (Å²) >= 11 is 1.17. The van der Waals surface area contributed by atoms with Gasteiger partial charge in [-0.3, -0.25) is 4.79 Å². The summed E-state index contributed by atoms with van der Waals surface area (Å²) in [5.74, 6) is 0.346.